The van der Waals surface area contributed by atoms with Crippen LogP contribution in [0, 0.1) is 35.3 Å². The predicted octanol–water partition coefficient (Wildman–Crippen LogP) is 3.37. The molecule has 0 radical (unpaired) electrons. The number of H-pyrrole nitrogens is 1. The number of carbonyl (C=O) groups is 1. The van der Waals surface area contributed by atoms with E-state index in [1.54, 1.807) is 0 Å². The van der Waals surface area contributed by atoms with E-state index >= 15 is 0 Å². The molecule has 2 N–H and O–H groups in total. The third-order valence-electron chi connectivity index (χ3n) is 6.52. The summed E-state index contributed by atoms with van der Waals surface area (Å²) in [4.78, 5) is 24.2. The van der Waals surface area contributed by atoms with E-state index < -0.39 is 23.5 Å². The minimum absolute atomic E-state index is 0.144. The highest BCUT2D eigenvalue weighted by atomic mass is 19.1. The zero-order valence-corrected chi connectivity index (χ0v) is 15.5. The minimum atomic E-state index is -0.805. The summed E-state index contributed by atoms with van der Waals surface area (Å²) in [5, 5.41) is 16.9. The molecule has 0 unspecified atom stereocenters. The first-order chi connectivity index (χ1) is 14.0. The number of fused-ring (bicyclic) bond motifs is 4. The fourth-order valence-electron chi connectivity index (χ4n) is 5.19. The molecule has 3 aromatic rings. The van der Waals surface area contributed by atoms with Gasteiger partial charge in [-0.2, -0.15) is 5.10 Å². The maximum atomic E-state index is 14.5. The zero-order chi connectivity index (χ0) is 20.1. The van der Waals surface area contributed by atoms with Crippen LogP contribution in [0.4, 0.5) is 8.78 Å². The molecular formula is C20H19F2N5O2. The second-order valence-corrected chi connectivity index (χ2v) is 8.02. The topological polar surface area (TPSA) is 105 Å². The van der Waals surface area contributed by atoms with E-state index in [2.05, 4.69) is 25.1 Å². The molecule has 0 aromatic carbocycles. The van der Waals surface area contributed by atoms with Crippen molar-refractivity contribution in [2.24, 2.45) is 23.7 Å². The van der Waals surface area contributed by atoms with Crippen LogP contribution in [-0.4, -0.2) is 36.2 Å². The van der Waals surface area contributed by atoms with Crippen molar-refractivity contribution >= 4 is 17.0 Å². The van der Waals surface area contributed by atoms with Crippen LogP contribution in [0.1, 0.15) is 31.4 Å². The first-order valence-corrected chi connectivity index (χ1v) is 9.75. The van der Waals surface area contributed by atoms with Crippen molar-refractivity contribution in [3.8, 4) is 11.5 Å². The summed E-state index contributed by atoms with van der Waals surface area (Å²) in [6, 6.07) is 1.27. The molecule has 3 aliphatic carbocycles. The number of nitrogens with zero attached hydrogens (tertiary/aromatic N) is 4. The van der Waals surface area contributed by atoms with E-state index in [4.69, 9.17) is 0 Å². The number of aliphatic carboxylic acids is 1. The molecule has 2 bridgehead atoms. The van der Waals surface area contributed by atoms with E-state index in [0.29, 0.717) is 16.7 Å². The van der Waals surface area contributed by atoms with Crippen molar-refractivity contribution in [1.29, 1.82) is 0 Å². The Labute approximate surface area is 164 Å². The first-order valence-electron chi connectivity index (χ1n) is 9.75. The Kier molecular flexibility index (Phi) is 4.25. The van der Waals surface area contributed by atoms with Gasteiger partial charge in [-0.05, 0) is 55.9 Å². The Morgan fingerprint density at radius 1 is 1.14 bits per heavy atom. The van der Waals surface area contributed by atoms with E-state index in [1.807, 2.05) is 0 Å². The number of nitrogens with one attached hydrogen (secondary N) is 1. The highest BCUT2D eigenvalue weighted by Crippen LogP contribution is 2.50. The van der Waals surface area contributed by atoms with Gasteiger partial charge in [0.1, 0.15) is 11.5 Å². The van der Waals surface area contributed by atoms with Crippen LogP contribution in [0.5, 0.6) is 0 Å². The first kappa shape index (κ1) is 18.1. The summed E-state index contributed by atoms with van der Waals surface area (Å²) in [7, 11) is 0. The molecule has 0 amide bonds. The van der Waals surface area contributed by atoms with Crippen LogP contribution in [0.3, 0.4) is 0 Å². The van der Waals surface area contributed by atoms with Gasteiger partial charge in [-0.25, -0.2) is 23.7 Å². The number of aromatic amines is 1. The molecule has 3 heterocycles. The molecule has 7 nitrogen and oxygen atoms in total. The molecule has 0 aliphatic heterocycles. The molecular weight excluding hydrogens is 380 g/mol. The third-order valence-corrected chi connectivity index (χ3v) is 6.52. The van der Waals surface area contributed by atoms with Gasteiger partial charge < -0.3 is 5.11 Å². The van der Waals surface area contributed by atoms with Crippen LogP contribution in [0.25, 0.3) is 22.6 Å². The van der Waals surface area contributed by atoms with Crippen LogP contribution in [0.15, 0.2) is 18.5 Å². The second kappa shape index (κ2) is 6.82. The molecule has 29 heavy (non-hydrogen) atoms. The van der Waals surface area contributed by atoms with Crippen LogP contribution in [0.2, 0.25) is 0 Å². The third kappa shape index (κ3) is 3.04. The fourth-order valence-corrected chi connectivity index (χ4v) is 5.19. The molecule has 3 fully saturated rings. The van der Waals surface area contributed by atoms with E-state index in [9.17, 15) is 18.7 Å². The lowest BCUT2D eigenvalue weighted by Crippen LogP contribution is -2.45. The summed E-state index contributed by atoms with van der Waals surface area (Å²) in [5.41, 5.74) is 0.852. The van der Waals surface area contributed by atoms with Crippen LogP contribution < -0.4 is 0 Å². The van der Waals surface area contributed by atoms with Gasteiger partial charge in [-0.15, -0.1) is 0 Å². The largest absolute Gasteiger partial charge is 0.481 e. The van der Waals surface area contributed by atoms with Crippen LogP contribution in [-0.2, 0) is 11.2 Å². The number of carboxylic acids is 1. The summed E-state index contributed by atoms with van der Waals surface area (Å²) < 4.78 is 28.2. The van der Waals surface area contributed by atoms with Crippen molar-refractivity contribution in [2.75, 3.05) is 0 Å². The van der Waals surface area contributed by atoms with Crippen molar-refractivity contribution in [3.63, 3.8) is 0 Å². The maximum Gasteiger partial charge on any atom is 0.307 e. The minimum Gasteiger partial charge on any atom is -0.481 e. The van der Waals surface area contributed by atoms with Gasteiger partial charge in [0.25, 0.3) is 0 Å². The highest BCUT2D eigenvalue weighted by molar-refractivity contribution is 5.88. The Hall–Kier alpha value is -2.97. The van der Waals surface area contributed by atoms with Gasteiger partial charge in [-0.1, -0.05) is 0 Å². The molecule has 3 aliphatic rings. The Morgan fingerprint density at radius 3 is 2.66 bits per heavy atom. The second-order valence-electron chi connectivity index (χ2n) is 8.02. The summed E-state index contributed by atoms with van der Waals surface area (Å²) >= 11 is 0. The van der Waals surface area contributed by atoms with Crippen molar-refractivity contribution in [3.05, 3.63) is 35.8 Å². The zero-order valence-electron chi connectivity index (χ0n) is 15.5. The maximum absolute atomic E-state index is 14.5. The summed E-state index contributed by atoms with van der Waals surface area (Å²) in [6.45, 7) is 0. The Bertz CT molecular complexity index is 1090. The lowest BCUT2D eigenvalue weighted by Gasteiger charge is -2.46. The molecule has 0 saturated heterocycles. The Morgan fingerprint density at radius 2 is 1.90 bits per heavy atom. The average Bonchev–Trinajstić information content (AvgIpc) is 3.13. The van der Waals surface area contributed by atoms with Crippen LogP contribution >= 0.6 is 0 Å². The lowest BCUT2D eigenvalue weighted by atomic mass is 9.57. The monoisotopic (exact) mass is 399 g/mol. The number of aromatic nitrogens is 5. The number of carboxylic acid groups (broad SMARTS) is 1. The SMILES string of the molecule is O=C(O)[C@H]1C2CCC(CC2)[C@@H]1Cc1nc(-c2[nH]nc3ncc(F)cc23)ncc1F. The predicted molar refractivity (Wildman–Crippen MR) is 98.6 cm³/mol. The van der Waals surface area contributed by atoms with Gasteiger partial charge in [0.05, 0.1) is 29.4 Å². The van der Waals surface area contributed by atoms with E-state index in [1.165, 1.54) is 6.07 Å². The molecule has 3 saturated carbocycles. The summed E-state index contributed by atoms with van der Waals surface area (Å²) in [5.74, 6) is -1.90. The smallest absolute Gasteiger partial charge is 0.307 e. The molecule has 2 atom stereocenters. The van der Waals surface area contributed by atoms with Gasteiger partial charge in [-0.3, -0.25) is 9.89 Å². The summed E-state index contributed by atoms with van der Waals surface area (Å²) in [6.07, 6.45) is 6.20. The highest BCUT2D eigenvalue weighted by Gasteiger charge is 2.47. The molecule has 6 rings (SSSR count). The number of hydrogen-bond donors (Lipinski definition) is 2. The number of pyridine rings is 1. The number of halogens is 2. The van der Waals surface area contributed by atoms with E-state index in [-0.39, 0.29) is 35.7 Å². The van der Waals surface area contributed by atoms with Gasteiger partial charge >= 0.3 is 5.97 Å². The molecule has 9 heteroatoms. The van der Waals surface area contributed by atoms with Gasteiger partial charge in [0, 0.05) is 0 Å². The van der Waals surface area contributed by atoms with E-state index in [0.717, 1.165) is 38.1 Å². The molecule has 150 valence electrons. The quantitative estimate of drug-likeness (QED) is 0.697. The standard InChI is InChI=1S/C20H19F2N5O2/c21-11-5-13-17(26-27-18(13)23-7-11)19-24-8-14(22)15(25-19)6-12-9-1-3-10(4-2-9)16(12)20(28)29/h5,7-10,12,16H,1-4,6H2,(H,28,29)(H,23,26,27)/t9?,10?,12-,16-/m0/s1. The molecule has 3 aromatic heterocycles. The van der Waals surface area contributed by atoms with Crippen molar-refractivity contribution < 1.29 is 18.7 Å². The lowest BCUT2D eigenvalue weighted by molar-refractivity contribution is -0.152. The fraction of sp³-hybridized carbons (Fsp3) is 0.450. The normalized spacial score (nSPS) is 26.1. The van der Waals surface area contributed by atoms with Gasteiger partial charge in [0.2, 0.25) is 0 Å². The van der Waals surface area contributed by atoms with Gasteiger partial charge in [0.15, 0.2) is 17.3 Å². The molecule has 0 spiro atoms. The number of hydrogen-bond acceptors (Lipinski definition) is 5. The van der Waals surface area contributed by atoms with Crippen molar-refractivity contribution in [2.45, 2.75) is 32.1 Å². The average molecular weight is 399 g/mol. The number of rotatable bonds is 4. The van der Waals surface area contributed by atoms with Crippen molar-refractivity contribution in [1.82, 2.24) is 25.1 Å². The Balaban J connectivity index is 1.51.